The summed E-state index contributed by atoms with van der Waals surface area (Å²) in [6.45, 7) is -1.63. The summed E-state index contributed by atoms with van der Waals surface area (Å²) in [5.41, 5.74) is -3.00. The minimum Gasteiger partial charge on any atom is -0.251 e. The summed E-state index contributed by atoms with van der Waals surface area (Å²) in [5.74, 6) is 0. The van der Waals surface area contributed by atoms with Gasteiger partial charge in [-0.25, -0.2) is 4.89 Å². The zero-order valence-corrected chi connectivity index (χ0v) is 4.56. The van der Waals surface area contributed by atoms with Gasteiger partial charge < -0.3 is 0 Å². The first-order valence-corrected chi connectivity index (χ1v) is 1.99. The highest BCUT2D eigenvalue weighted by Crippen LogP contribution is 2.15. The molecule has 0 aliphatic heterocycles. The van der Waals surface area contributed by atoms with E-state index in [1.54, 1.807) is 0 Å². The third kappa shape index (κ3) is 1.64. The number of hydrogen-bond acceptors (Lipinski definition) is 2. The van der Waals surface area contributed by atoms with Gasteiger partial charge in [0.25, 0.3) is 0 Å². The molecular weight excluding hydrogens is 104 g/mol. The normalized spacial score (nSPS) is 25.8. The molecule has 0 aromatic rings. The summed E-state index contributed by atoms with van der Waals surface area (Å²) < 4.78 is 42.3. The summed E-state index contributed by atoms with van der Waals surface area (Å²) in [5, 5.41) is 8.54. The molecule has 0 unspecified atom stereocenters. The van der Waals surface area contributed by atoms with Crippen molar-refractivity contribution in [2.24, 2.45) is 0 Å². The van der Waals surface area contributed by atoms with Gasteiger partial charge in [0.2, 0.25) is 0 Å². The third-order valence-corrected chi connectivity index (χ3v) is 0.738. The first kappa shape index (κ1) is 2.12. The Hall–Kier alpha value is -0.340. The molecule has 0 aromatic carbocycles. The molecule has 0 radical (unpaired) electrons. The van der Waals surface area contributed by atoms with E-state index in [2.05, 4.69) is 11.5 Å². The lowest BCUT2D eigenvalue weighted by molar-refractivity contribution is -0.300. The first-order valence-electron chi connectivity index (χ1n) is 4.99. The third-order valence-electron chi connectivity index (χ3n) is 0.738. The van der Waals surface area contributed by atoms with Gasteiger partial charge in [-0.3, -0.25) is 5.26 Å². The zero-order chi connectivity index (χ0) is 11.8. The Morgan fingerprint density at radius 1 is 1.88 bits per heavy atom. The van der Waals surface area contributed by atoms with Gasteiger partial charge in [-0.1, -0.05) is 6.58 Å². The van der Waals surface area contributed by atoms with Crippen LogP contribution in [0.15, 0.2) is 12.2 Å². The molecule has 0 aliphatic carbocycles. The van der Waals surface area contributed by atoms with E-state index in [0.29, 0.717) is 0 Å². The highest BCUT2D eigenvalue weighted by Gasteiger charge is 2.18. The molecule has 2 heteroatoms. The van der Waals surface area contributed by atoms with Crippen molar-refractivity contribution in [3.8, 4) is 0 Å². The van der Waals surface area contributed by atoms with Crippen LogP contribution in [0, 0.1) is 0 Å². The van der Waals surface area contributed by atoms with E-state index in [9.17, 15) is 0 Å². The van der Waals surface area contributed by atoms with Crippen molar-refractivity contribution in [2.75, 3.05) is 0 Å². The lowest BCUT2D eigenvalue weighted by atomic mass is 10.0. The fourth-order valence-corrected chi connectivity index (χ4v) is 0.0779. The summed E-state index contributed by atoms with van der Waals surface area (Å²) in [6, 6.07) is 0. The maximum absolute atomic E-state index is 8.54. The van der Waals surface area contributed by atoms with Crippen molar-refractivity contribution in [3.05, 3.63) is 12.2 Å². The second-order valence-corrected chi connectivity index (χ2v) is 1.55. The monoisotopic (exact) mass is 122 g/mol. The Morgan fingerprint density at radius 3 is 2.38 bits per heavy atom. The molecule has 0 amide bonds. The second-order valence-electron chi connectivity index (χ2n) is 1.55. The van der Waals surface area contributed by atoms with E-state index < -0.39 is 19.3 Å². The minimum absolute atomic E-state index is 0.278. The maximum Gasteiger partial charge on any atom is 0.118 e. The highest BCUT2D eigenvalue weighted by molar-refractivity contribution is 5.04. The average Bonchev–Trinajstić information content (AvgIpc) is 1.80. The Kier molecular flexibility index (Phi) is 0.606. The van der Waals surface area contributed by atoms with E-state index in [1.165, 1.54) is 6.92 Å². The molecule has 48 valence electrons. The standard InChI is InChI=1S/C6H12O2/c1-5(2)6(3,4)8-7/h7H,1H2,2-4H3/i3D3,4D3. The van der Waals surface area contributed by atoms with Crippen molar-refractivity contribution in [2.45, 2.75) is 26.2 Å². The maximum atomic E-state index is 8.54. The van der Waals surface area contributed by atoms with Crippen molar-refractivity contribution >= 4 is 0 Å². The smallest absolute Gasteiger partial charge is 0.118 e. The van der Waals surface area contributed by atoms with Crippen LogP contribution in [0.2, 0.25) is 0 Å². The van der Waals surface area contributed by atoms with Gasteiger partial charge in [-0.05, 0) is 26.2 Å². The summed E-state index contributed by atoms with van der Waals surface area (Å²) in [6.07, 6.45) is 0. The van der Waals surface area contributed by atoms with Crippen molar-refractivity contribution in [3.63, 3.8) is 0 Å². The zero-order valence-electron chi connectivity index (χ0n) is 10.6. The largest absolute Gasteiger partial charge is 0.251 e. The molecule has 0 saturated heterocycles. The van der Waals surface area contributed by atoms with Crippen molar-refractivity contribution in [1.82, 2.24) is 0 Å². The van der Waals surface area contributed by atoms with E-state index in [0.717, 1.165) is 0 Å². The van der Waals surface area contributed by atoms with Crippen LogP contribution in [0.1, 0.15) is 28.9 Å². The van der Waals surface area contributed by atoms with Gasteiger partial charge in [0.1, 0.15) is 5.60 Å². The second kappa shape index (κ2) is 2.29. The lowest BCUT2D eigenvalue weighted by Gasteiger charge is -2.19. The molecule has 1 N–H and O–H groups in total. The molecule has 0 bridgehead atoms. The Balaban J connectivity index is 5.58. The van der Waals surface area contributed by atoms with E-state index in [4.69, 9.17) is 13.5 Å². The van der Waals surface area contributed by atoms with Gasteiger partial charge >= 0.3 is 0 Å². The molecule has 8 heavy (non-hydrogen) atoms. The molecule has 0 saturated carbocycles. The molecule has 0 aromatic heterocycles. The van der Waals surface area contributed by atoms with Gasteiger partial charge in [-0.15, -0.1) is 0 Å². The van der Waals surface area contributed by atoms with Crippen LogP contribution < -0.4 is 0 Å². The van der Waals surface area contributed by atoms with Gasteiger partial charge in [-0.2, -0.15) is 0 Å². The fraction of sp³-hybridized carbons (Fsp3) is 0.667. The molecule has 2 nitrogen and oxygen atoms in total. The predicted molar refractivity (Wildman–Crippen MR) is 32.6 cm³/mol. The average molecular weight is 122 g/mol. The number of hydrogen-bond donors (Lipinski definition) is 1. The first-order chi connectivity index (χ1) is 6.00. The van der Waals surface area contributed by atoms with Gasteiger partial charge in [0.15, 0.2) is 0 Å². The molecule has 0 spiro atoms. The fourth-order valence-electron chi connectivity index (χ4n) is 0.0779. The van der Waals surface area contributed by atoms with E-state index >= 15 is 0 Å². The summed E-state index contributed by atoms with van der Waals surface area (Å²) in [7, 11) is 0. The molecule has 0 heterocycles. The minimum atomic E-state index is -3.02. The SMILES string of the molecule is [2H]C([2H])([2H])C(OO)(C(=C)C)C([2H])([2H])[2H]. The molecule has 0 fully saturated rings. The van der Waals surface area contributed by atoms with Crippen LogP contribution in [-0.2, 0) is 4.89 Å². The Bertz CT molecular complexity index is 213. The van der Waals surface area contributed by atoms with Crippen molar-refractivity contribution < 1.29 is 18.4 Å². The van der Waals surface area contributed by atoms with Crippen molar-refractivity contribution in [1.29, 1.82) is 0 Å². The molecule has 0 atom stereocenters. The topological polar surface area (TPSA) is 29.5 Å². The van der Waals surface area contributed by atoms with Crippen LogP contribution >= 0.6 is 0 Å². The Morgan fingerprint density at radius 2 is 2.38 bits per heavy atom. The molecular formula is C6H12O2. The van der Waals surface area contributed by atoms with E-state index in [1.807, 2.05) is 0 Å². The number of rotatable bonds is 2. The van der Waals surface area contributed by atoms with Crippen LogP contribution in [0.5, 0.6) is 0 Å². The quantitative estimate of drug-likeness (QED) is 0.344. The van der Waals surface area contributed by atoms with E-state index in [-0.39, 0.29) is 5.57 Å². The predicted octanol–water partition coefficient (Wildman–Crippen LogP) is 1.83. The summed E-state index contributed by atoms with van der Waals surface area (Å²) in [4.78, 5) is 3.70. The van der Waals surface area contributed by atoms with Crippen LogP contribution in [0.4, 0.5) is 0 Å². The van der Waals surface area contributed by atoms with Crippen LogP contribution in [0.25, 0.3) is 0 Å². The van der Waals surface area contributed by atoms with Gasteiger partial charge in [0, 0.05) is 8.22 Å². The Labute approximate surface area is 58.1 Å². The van der Waals surface area contributed by atoms with Gasteiger partial charge in [0.05, 0.1) is 0 Å². The molecule has 0 rings (SSSR count). The highest BCUT2D eigenvalue weighted by atomic mass is 17.1. The lowest BCUT2D eigenvalue weighted by Crippen LogP contribution is -2.23. The summed E-state index contributed by atoms with van der Waals surface area (Å²) >= 11 is 0. The van der Waals surface area contributed by atoms with Crippen LogP contribution in [0.3, 0.4) is 0 Å². The molecule has 0 aliphatic rings. The van der Waals surface area contributed by atoms with Crippen LogP contribution in [-0.4, -0.2) is 10.9 Å².